The number of para-hydroxylation sites is 1. The molecule has 3 aromatic rings. The molecule has 0 fully saturated rings. The maximum Gasteiger partial charge on any atom is 0.416 e. The van der Waals surface area contributed by atoms with Gasteiger partial charge in [-0.1, -0.05) is 36.4 Å². The number of carbonyl (C=O) groups excluding carboxylic acids is 1. The first-order valence-corrected chi connectivity index (χ1v) is 7.90. The molecule has 1 heterocycles. The number of rotatable bonds is 4. The monoisotopic (exact) mass is 356 g/mol. The van der Waals surface area contributed by atoms with Crippen LogP contribution in [0.5, 0.6) is 0 Å². The van der Waals surface area contributed by atoms with Gasteiger partial charge in [0.15, 0.2) is 0 Å². The second-order valence-corrected chi connectivity index (χ2v) is 5.68. The summed E-state index contributed by atoms with van der Waals surface area (Å²) in [4.78, 5) is 16.3. The molecular weight excluding hydrogens is 341 g/mol. The van der Waals surface area contributed by atoms with Crippen LogP contribution in [0.15, 0.2) is 66.7 Å². The van der Waals surface area contributed by atoms with E-state index in [2.05, 4.69) is 10.3 Å². The van der Waals surface area contributed by atoms with E-state index < -0.39 is 17.6 Å². The predicted molar refractivity (Wildman–Crippen MR) is 94.1 cm³/mol. The maximum atomic E-state index is 12.7. The molecule has 0 aliphatic carbocycles. The van der Waals surface area contributed by atoms with E-state index in [0.29, 0.717) is 11.3 Å². The Morgan fingerprint density at radius 1 is 1.04 bits per heavy atom. The van der Waals surface area contributed by atoms with E-state index in [9.17, 15) is 18.0 Å². The van der Waals surface area contributed by atoms with Gasteiger partial charge in [0.2, 0.25) is 5.91 Å². The number of amides is 1. The topological polar surface area (TPSA) is 42.0 Å². The van der Waals surface area contributed by atoms with E-state index in [1.165, 1.54) is 18.2 Å². The van der Waals surface area contributed by atoms with Crippen molar-refractivity contribution >= 4 is 22.9 Å². The van der Waals surface area contributed by atoms with Gasteiger partial charge in [0.05, 0.1) is 16.8 Å². The quantitative estimate of drug-likeness (QED) is 0.695. The number of hydrogen-bond acceptors (Lipinski definition) is 2. The lowest BCUT2D eigenvalue weighted by Gasteiger charge is -2.08. The standard InChI is InChI=1S/C20H15F3N2O/c21-20(22,23)16-6-3-4-14(12-16)13-24-19(26)11-10-17-9-8-15-5-1-2-7-18(15)25-17/h1-12H,13H2,(H,24,26)/b11-10+. The zero-order valence-electron chi connectivity index (χ0n) is 13.6. The minimum Gasteiger partial charge on any atom is -0.348 e. The van der Waals surface area contributed by atoms with Crippen molar-refractivity contribution in [1.82, 2.24) is 10.3 Å². The Labute approximate surface area is 148 Å². The average Bonchev–Trinajstić information content (AvgIpc) is 2.64. The maximum absolute atomic E-state index is 12.7. The molecule has 0 aliphatic rings. The fourth-order valence-corrected chi connectivity index (χ4v) is 2.44. The molecule has 0 aliphatic heterocycles. The molecule has 0 spiro atoms. The van der Waals surface area contributed by atoms with Gasteiger partial charge in [-0.3, -0.25) is 4.79 Å². The lowest BCUT2D eigenvalue weighted by Crippen LogP contribution is -2.20. The molecule has 6 heteroatoms. The molecule has 3 nitrogen and oxygen atoms in total. The summed E-state index contributed by atoms with van der Waals surface area (Å²) in [5.41, 5.74) is 1.09. The summed E-state index contributed by atoms with van der Waals surface area (Å²) < 4.78 is 38.0. The molecule has 0 unspecified atom stereocenters. The molecule has 0 radical (unpaired) electrons. The van der Waals surface area contributed by atoms with Crippen LogP contribution in [-0.4, -0.2) is 10.9 Å². The number of nitrogens with one attached hydrogen (secondary N) is 1. The van der Waals surface area contributed by atoms with Crippen LogP contribution in [0.3, 0.4) is 0 Å². The molecule has 0 bridgehead atoms. The Balaban J connectivity index is 1.62. The largest absolute Gasteiger partial charge is 0.416 e. The molecule has 26 heavy (non-hydrogen) atoms. The van der Waals surface area contributed by atoms with Crippen molar-refractivity contribution in [2.24, 2.45) is 0 Å². The van der Waals surface area contributed by atoms with Gasteiger partial charge >= 0.3 is 6.18 Å². The zero-order chi connectivity index (χ0) is 18.6. The van der Waals surface area contributed by atoms with E-state index in [4.69, 9.17) is 0 Å². The smallest absolute Gasteiger partial charge is 0.348 e. The average molecular weight is 356 g/mol. The number of nitrogens with zero attached hydrogens (tertiary/aromatic N) is 1. The normalized spacial score (nSPS) is 11.8. The second kappa shape index (κ2) is 7.39. The van der Waals surface area contributed by atoms with Gasteiger partial charge in [0.1, 0.15) is 0 Å². The molecule has 2 aromatic carbocycles. The molecule has 1 aromatic heterocycles. The molecule has 1 amide bonds. The summed E-state index contributed by atoms with van der Waals surface area (Å²) in [7, 11) is 0. The summed E-state index contributed by atoms with van der Waals surface area (Å²) in [6.07, 6.45) is -1.53. The Bertz CT molecular complexity index is 964. The number of halogens is 3. The van der Waals surface area contributed by atoms with Gasteiger partial charge < -0.3 is 5.32 Å². The van der Waals surface area contributed by atoms with Gasteiger partial charge in [-0.05, 0) is 35.9 Å². The highest BCUT2D eigenvalue weighted by molar-refractivity contribution is 5.91. The van der Waals surface area contributed by atoms with Crippen molar-refractivity contribution < 1.29 is 18.0 Å². The highest BCUT2D eigenvalue weighted by atomic mass is 19.4. The molecule has 132 valence electrons. The number of carbonyl (C=O) groups is 1. The highest BCUT2D eigenvalue weighted by Crippen LogP contribution is 2.29. The van der Waals surface area contributed by atoms with Crippen LogP contribution in [0.25, 0.3) is 17.0 Å². The number of hydrogen-bond donors (Lipinski definition) is 1. The van der Waals surface area contributed by atoms with Gasteiger partial charge in [-0.15, -0.1) is 0 Å². The van der Waals surface area contributed by atoms with Crippen LogP contribution in [-0.2, 0) is 17.5 Å². The molecular formula is C20H15F3N2O. The van der Waals surface area contributed by atoms with E-state index in [1.807, 2.05) is 30.3 Å². The number of fused-ring (bicyclic) bond motifs is 1. The predicted octanol–water partition coefficient (Wildman–Crippen LogP) is 4.58. The minimum absolute atomic E-state index is 0.0121. The first-order valence-electron chi connectivity index (χ1n) is 7.90. The number of alkyl halides is 3. The summed E-state index contributed by atoms with van der Waals surface area (Å²) >= 11 is 0. The Kier molecular flexibility index (Phi) is 5.02. The third-order valence-electron chi connectivity index (χ3n) is 3.75. The van der Waals surface area contributed by atoms with Crippen molar-refractivity contribution in [1.29, 1.82) is 0 Å². The van der Waals surface area contributed by atoms with Crippen LogP contribution < -0.4 is 5.32 Å². The second-order valence-electron chi connectivity index (χ2n) is 5.68. The lowest BCUT2D eigenvalue weighted by atomic mass is 10.1. The summed E-state index contributed by atoms with van der Waals surface area (Å²) in [5.74, 6) is -0.405. The first-order chi connectivity index (χ1) is 12.4. The van der Waals surface area contributed by atoms with Gasteiger partial charge in [0.25, 0.3) is 0 Å². The van der Waals surface area contributed by atoms with Crippen molar-refractivity contribution in [2.75, 3.05) is 0 Å². The molecule has 3 rings (SSSR count). The van der Waals surface area contributed by atoms with Gasteiger partial charge in [-0.2, -0.15) is 13.2 Å². The third kappa shape index (κ3) is 4.47. The van der Waals surface area contributed by atoms with Crippen LogP contribution in [0.4, 0.5) is 13.2 Å². The van der Waals surface area contributed by atoms with E-state index in [0.717, 1.165) is 23.0 Å². The van der Waals surface area contributed by atoms with Gasteiger partial charge in [0, 0.05) is 18.0 Å². The Hall–Kier alpha value is -3.15. The van der Waals surface area contributed by atoms with Crippen LogP contribution >= 0.6 is 0 Å². The fraction of sp³-hybridized carbons (Fsp3) is 0.100. The molecule has 0 saturated heterocycles. The number of aromatic nitrogens is 1. The third-order valence-corrected chi connectivity index (χ3v) is 3.75. The van der Waals surface area contributed by atoms with Crippen molar-refractivity contribution in [3.63, 3.8) is 0 Å². The highest BCUT2D eigenvalue weighted by Gasteiger charge is 2.30. The minimum atomic E-state index is -4.40. The number of pyridine rings is 1. The van der Waals surface area contributed by atoms with E-state index in [-0.39, 0.29) is 6.54 Å². The summed E-state index contributed by atoms with van der Waals surface area (Å²) in [6, 6.07) is 16.2. The Morgan fingerprint density at radius 3 is 2.65 bits per heavy atom. The van der Waals surface area contributed by atoms with Crippen molar-refractivity contribution in [2.45, 2.75) is 12.7 Å². The molecule has 0 atom stereocenters. The molecule has 1 N–H and O–H groups in total. The van der Waals surface area contributed by atoms with Crippen molar-refractivity contribution in [3.8, 4) is 0 Å². The first kappa shape index (κ1) is 17.7. The van der Waals surface area contributed by atoms with E-state index >= 15 is 0 Å². The summed E-state index contributed by atoms with van der Waals surface area (Å²) in [5, 5.41) is 3.56. The van der Waals surface area contributed by atoms with E-state index in [1.54, 1.807) is 12.1 Å². The SMILES string of the molecule is O=C(/C=C/c1ccc2ccccc2n1)NCc1cccc(C(F)(F)F)c1. The van der Waals surface area contributed by atoms with Crippen LogP contribution in [0.1, 0.15) is 16.8 Å². The fourth-order valence-electron chi connectivity index (χ4n) is 2.44. The van der Waals surface area contributed by atoms with Crippen LogP contribution in [0, 0.1) is 0 Å². The van der Waals surface area contributed by atoms with Gasteiger partial charge in [-0.25, -0.2) is 4.98 Å². The Morgan fingerprint density at radius 2 is 1.85 bits per heavy atom. The zero-order valence-corrected chi connectivity index (χ0v) is 13.6. The number of benzene rings is 2. The summed E-state index contributed by atoms with van der Waals surface area (Å²) in [6.45, 7) is 0.0121. The van der Waals surface area contributed by atoms with Crippen molar-refractivity contribution in [3.05, 3.63) is 83.6 Å². The van der Waals surface area contributed by atoms with Crippen LogP contribution in [0.2, 0.25) is 0 Å². The molecule has 0 saturated carbocycles. The lowest BCUT2D eigenvalue weighted by molar-refractivity contribution is -0.137.